The number of halogens is 1. The third kappa shape index (κ3) is 4.15. The summed E-state index contributed by atoms with van der Waals surface area (Å²) in [5, 5.41) is 1.04. The molecule has 1 aromatic heterocycles. The SMILES string of the molecule is Cc1cc(C)c2c(=O)c3c(oc2c1)C(=O)N(Cc1ccccc1Cl)C3c1cccc(Oc2ccccc2)c1. The van der Waals surface area contributed by atoms with Crippen LogP contribution in [0.25, 0.3) is 11.0 Å². The molecule has 1 unspecified atom stereocenters. The molecule has 5 nitrogen and oxygen atoms in total. The fraction of sp³-hybridized carbons (Fsp3) is 0.125. The van der Waals surface area contributed by atoms with E-state index in [0.717, 1.165) is 22.3 Å². The molecule has 0 radical (unpaired) electrons. The zero-order valence-corrected chi connectivity index (χ0v) is 21.7. The molecule has 0 saturated carbocycles. The van der Waals surface area contributed by atoms with Gasteiger partial charge < -0.3 is 14.1 Å². The number of nitrogens with zero attached hydrogens (tertiary/aromatic N) is 1. The van der Waals surface area contributed by atoms with Crippen LogP contribution in [0.4, 0.5) is 0 Å². The minimum atomic E-state index is -0.672. The van der Waals surface area contributed by atoms with Crippen LogP contribution in [-0.2, 0) is 6.54 Å². The van der Waals surface area contributed by atoms with Crippen molar-refractivity contribution >= 4 is 28.5 Å². The van der Waals surface area contributed by atoms with Crippen LogP contribution >= 0.6 is 11.6 Å². The van der Waals surface area contributed by atoms with Crippen molar-refractivity contribution in [2.45, 2.75) is 26.4 Å². The lowest BCUT2D eigenvalue weighted by atomic mass is 9.96. The number of aryl methyl sites for hydroxylation is 2. The van der Waals surface area contributed by atoms with Crippen molar-refractivity contribution in [3.05, 3.63) is 140 Å². The van der Waals surface area contributed by atoms with Gasteiger partial charge >= 0.3 is 0 Å². The average Bonchev–Trinajstić information content (AvgIpc) is 3.17. The van der Waals surface area contributed by atoms with Gasteiger partial charge in [-0.3, -0.25) is 9.59 Å². The number of rotatable bonds is 5. The Morgan fingerprint density at radius 1 is 0.868 bits per heavy atom. The molecular formula is C32H24ClNO4. The van der Waals surface area contributed by atoms with Gasteiger partial charge in [-0.2, -0.15) is 0 Å². The third-order valence-electron chi connectivity index (χ3n) is 6.86. The van der Waals surface area contributed by atoms with Gasteiger partial charge in [0.05, 0.1) is 17.0 Å². The Bertz CT molecular complexity index is 1760. The second-order valence-electron chi connectivity index (χ2n) is 9.54. The first-order chi connectivity index (χ1) is 18.4. The first kappa shape index (κ1) is 24.0. The summed E-state index contributed by atoms with van der Waals surface area (Å²) in [5.74, 6) is 1.01. The predicted octanol–water partition coefficient (Wildman–Crippen LogP) is 7.60. The molecule has 5 aromatic rings. The predicted molar refractivity (Wildman–Crippen MR) is 148 cm³/mol. The van der Waals surface area contributed by atoms with Gasteiger partial charge in [0.15, 0.2) is 5.43 Å². The third-order valence-corrected chi connectivity index (χ3v) is 7.23. The number of hydrogen-bond donors (Lipinski definition) is 0. The minimum Gasteiger partial charge on any atom is -0.457 e. The van der Waals surface area contributed by atoms with Crippen LogP contribution in [0.1, 0.15) is 44.4 Å². The molecule has 0 bridgehead atoms. The molecule has 6 rings (SSSR count). The number of carbonyl (C=O) groups is 1. The van der Waals surface area contributed by atoms with Crippen LogP contribution in [0.3, 0.4) is 0 Å². The highest BCUT2D eigenvalue weighted by atomic mass is 35.5. The van der Waals surface area contributed by atoms with E-state index in [1.807, 2.05) is 92.7 Å². The molecule has 0 saturated heterocycles. The summed E-state index contributed by atoms with van der Waals surface area (Å²) in [6, 6.07) is 27.4. The van der Waals surface area contributed by atoms with Crippen molar-refractivity contribution in [3.8, 4) is 11.5 Å². The van der Waals surface area contributed by atoms with Crippen molar-refractivity contribution < 1.29 is 13.9 Å². The van der Waals surface area contributed by atoms with Crippen molar-refractivity contribution in [1.82, 2.24) is 4.90 Å². The normalized spacial score (nSPS) is 14.7. The van der Waals surface area contributed by atoms with Gasteiger partial charge in [-0.05, 0) is 72.5 Å². The summed E-state index contributed by atoms with van der Waals surface area (Å²) in [7, 11) is 0. The first-order valence-corrected chi connectivity index (χ1v) is 12.7. The molecule has 6 heteroatoms. The van der Waals surface area contributed by atoms with Crippen LogP contribution in [0.5, 0.6) is 11.5 Å². The van der Waals surface area contributed by atoms with Crippen LogP contribution in [0.15, 0.2) is 100 Å². The van der Waals surface area contributed by atoms with Crippen molar-refractivity contribution in [3.63, 3.8) is 0 Å². The number of carbonyl (C=O) groups excluding carboxylic acids is 1. The van der Waals surface area contributed by atoms with E-state index >= 15 is 0 Å². The molecule has 4 aromatic carbocycles. The standard InChI is InChI=1S/C32H24ClNO4/c1-19-15-20(2)27-26(16-19)38-31-28(30(27)35)29(34(32(31)36)18-22-9-6-7-14-25(22)33)21-10-8-13-24(17-21)37-23-11-4-3-5-12-23/h3-17,29H,18H2,1-2H3. The molecule has 1 aliphatic heterocycles. The summed E-state index contributed by atoms with van der Waals surface area (Å²) in [5.41, 5.74) is 3.84. The number of para-hydroxylation sites is 1. The fourth-order valence-electron chi connectivity index (χ4n) is 5.21. The number of benzene rings is 4. The molecule has 1 aliphatic rings. The number of amides is 1. The van der Waals surface area contributed by atoms with E-state index < -0.39 is 6.04 Å². The lowest BCUT2D eigenvalue weighted by Gasteiger charge is -2.26. The van der Waals surface area contributed by atoms with E-state index in [4.69, 9.17) is 20.8 Å². The highest BCUT2D eigenvalue weighted by Gasteiger charge is 2.43. The molecule has 0 N–H and O–H groups in total. The minimum absolute atomic E-state index is 0.0685. The van der Waals surface area contributed by atoms with Crippen LogP contribution in [0, 0.1) is 13.8 Å². The average molecular weight is 522 g/mol. The number of hydrogen-bond acceptors (Lipinski definition) is 4. The maximum absolute atomic E-state index is 14.0. The number of fused-ring (bicyclic) bond motifs is 2. The zero-order valence-electron chi connectivity index (χ0n) is 20.9. The fourth-order valence-corrected chi connectivity index (χ4v) is 5.40. The second-order valence-corrected chi connectivity index (χ2v) is 9.95. The summed E-state index contributed by atoms with van der Waals surface area (Å²) in [6.07, 6.45) is 0. The maximum atomic E-state index is 14.0. The highest BCUT2D eigenvalue weighted by molar-refractivity contribution is 6.31. The molecule has 38 heavy (non-hydrogen) atoms. The van der Waals surface area contributed by atoms with Gasteiger partial charge in [0.1, 0.15) is 17.1 Å². The maximum Gasteiger partial charge on any atom is 0.291 e. The monoisotopic (exact) mass is 521 g/mol. The molecule has 0 fully saturated rings. The topological polar surface area (TPSA) is 59.8 Å². The van der Waals surface area contributed by atoms with E-state index in [1.54, 1.807) is 17.0 Å². The van der Waals surface area contributed by atoms with Gasteiger partial charge in [-0.25, -0.2) is 0 Å². The van der Waals surface area contributed by atoms with Gasteiger partial charge in [-0.1, -0.05) is 66.2 Å². The summed E-state index contributed by atoms with van der Waals surface area (Å²) in [4.78, 5) is 29.5. The molecular weight excluding hydrogens is 498 g/mol. The summed E-state index contributed by atoms with van der Waals surface area (Å²) >= 11 is 6.48. The first-order valence-electron chi connectivity index (χ1n) is 12.4. The Hall–Kier alpha value is -4.35. The Balaban J connectivity index is 1.53. The largest absolute Gasteiger partial charge is 0.457 e. The van der Waals surface area contributed by atoms with Gasteiger partial charge in [0, 0.05) is 11.6 Å². The van der Waals surface area contributed by atoms with E-state index in [-0.39, 0.29) is 23.6 Å². The molecule has 0 spiro atoms. The van der Waals surface area contributed by atoms with E-state index in [2.05, 4.69) is 0 Å². The Labute approximate surface area is 224 Å². The summed E-state index contributed by atoms with van der Waals surface area (Å²) < 4.78 is 12.3. The molecule has 0 aliphatic carbocycles. The van der Waals surface area contributed by atoms with Crippen LogP contribution < -0.4 is 10.2 Å². The Morgan fingerprint density at radius 3 is 2.39 bits per heavy atom. The lowest BCUT2D eigenvalue weighted by Crippen LogP contribution is -2.29. The van der Waals surface area contributed by atoms with E-state index in [1.165, 1.54) is 0 Å². The number of ether oxygens (including phenoxy) is 1. The zero-order chi connectivity index (χ0) is 26.4. The van der Waals surface area contributed by atoms with Gasteiger partial charge in [0.2, 0.25) is 5.76 Å². The van der Waals surface area contributed by atoms with Crippen molar-refractivity contribution in [2.24, 2.45) is 0 Å². The van der Waals surface area contributed by atoms with E-state index in [9.17, 15) is 9.59 Å². The lowest BCUT2D eigenvalue weighted by molar-refractivity contribution is 0.0714. The Kier molecular flexibility index (Phi) is 6.01. The van der Waals surface area contributed by atoms with Crippen LogP contribution in [0.2, 0.25) is 5.02 Å². The molecule has 2 heterocycles. The smallest absolute Gasteiger partial charge is 0.291 e. The Morgan fingerprint density at radius 2 is 1.61 bits per heavy atom. The second kappa shape index (κ2) is 9.51. The van der Waals surface area contributed by atoms with Crippen molar-refractivity contribution in [1.29, 1.82) is 0 Å². The van der Waals surface area contributed by atoms with Crippen LogP contribution in [-0.4, -0.2) is 10.8 Å². The molecule has 1 atom stereocenters. The van der Waals surface area contributed by atoms with E-state index in [0.29, 0.717) is 33.1 Å². The summed E-state index contributed by atoms with van der Waals surface area (Å²) in [6.45, 7) is 4.04. The molecule has 1 amide bonds. The molecule has 188 valence electrons. The van der Waals surface area contributed by atoms with Crippen molar-refractivity contribution in [2.75, 3.05) is 0 Å². The quantitative estimate of drug-likeness (QED) is 0.239. The van der Waals surface area contributed by atoms with Gasteiger partial charge in [-0.15, -0.1) is 0 Å². The van der Waals surface area contributed by atoms with Gasteiger partial charge in [0.25, 0.3) is 5.91 Å². The highest BCUT2D eigenvalue weighted by Crippen LogP contribution is 2.41.